The first-order valence-electron chi connectivity index (χ1n) is 8.95. The summed E-state index contributed by atoms with van der Waals surface area (Å²) in [6.45, 7) is 3.32. The molecular weight excluding hydrogens is 356 g/mol. The second-order valence-electron chi connectivity index (χ2n) is 6.66. The smallest absolute Gasteiger partial charge is 0.337 e. The Balaban J connectivity index is 1.83. The lowest BCUT2D eigenvalue weighted by Gasteiger charge is -2.32. The lowest BCUT2D eigenvalue weighted by atomic mass is 9.93. The van der Waals surface area contributed by atoms with Gasteiger partial charge in [-0.1, -0.05) is 30.3 Å². The first-order valence-corrected chi connectivity index (χ1v) is 8.95. The van der Waals surface area contributed by atoms with E-state index in [0.717, 1.165) is 16.7 Å². The number of methoxy groups -OCH3 is 1. The number of hydrogen-bond donors (Lipinski definition) is 1. The molecule has 2 aromatic carbocycles. The van der Waals surface area contributed by atoms with Crippen LogP contribution in [-0.2, 0) is 14.3 Å². The van der Waals surface area contributed by atoms with Crippen molar-refractivity contribution < 1.29 is 19.1 Å². The molecule has 1 N–H and O–H groups in total. The zero-order valence-corrected chi connectivity index (χ0v) is 16.1. The summed E-state index contributed by atoms with van der Waals surface area (Å²) < 4.78 is 4.73. The quantitative estimate of drug-likeness (QED) is 0.824. The summed E-state index contributed by atoms with van der Waals surface area (Å²) in [6, 6.07) is 12.3. The van der Waals surface area contributed by atoms with Crippen molar-refractivity contribution in [3.05, 3.63) is 70.9 Å². The Hall–Kier alpha value is -3.41. The van der Waals surface area contributed by atoms with E-state index in [1.807, 2.05) is 37.3 Å². The third-order valence-corrected chi connectivity index (χ3v) is 4.78. The maximum Gasteiger partial charge on any atom is 0.337 e. The predicted molar refractivity (Wildman–Crippen MR) is 107 cm³/mol. The number of amides is 2. The maximum atomic E-state index is 12.8. The van der Waals surface area contributed by atoms with Crippen molar-refractivity contribution in [3.63, 3.8) is 0 Å². The number of esters is 1. The highest BCUT2D eigenvalue weighted by molar-refractivity contribution is 5.96. The molecule has 0 spiro atoms. The first kappa shape index (κ1) is 19.4. The Bertz CT molecular complexity index is 965. The van der Waals surface area contributed by atoms with E-state index in [9.17, 15) is 14.4 Å². The molecule has 0 aromatic heterocycles. The van der Waals surface area contributed by atoms with Gasteiger partial charge in [0.2, 0.25) is 11.8 Å². The number of nitrogens with one attached hydrogen (secondary N) is 1. The van der Waals surface area contributed by atoms with Crippen LogP contribution in [0.5, 0.6) is 0 Å². The summed E-state index contributed by atoms with van der Waals surface area (Å²) in [5.74, 6) is -0.844. The summed E-state index contributed by atoms with van der Waals surface area (Å²) in [7, 11) is 1.31. The van der Waals surface area contributed by atoms with Crippen LogP contribution in [0.2, 0.25) is 0 Å². The average Bonchev–Trinajstić information content (AvgIpc) is 2.69. The molecule has 1 aliphatic heterocycles. The molecule has 28 heavy (non-hydrogen) atoms. The highest BCUT2D eigenvalue weighted by Gasteiger charge is 2.28. The molecule has 1 atom stereocenters. The molecule has 0 radical (unpaired) electrons. The van der Waals surface area contributed by atoms with Gasteiger partial charge in [-0.3, -0.25) is 9.59 Å². The topological polar surface area (TPSA) is 75.7 Å². The van der Waals surface area contributed by atoms with Gasteiger partial charge >= 0.3 is 5.97 Å². The molecule has 6 nitrogen and oxygen atoms in total. The molecule has 2 aromatic rings. The number of rotatable bonds is 4. The molecule has 1 aliphatic rings. The number of fused-ring (bicyclic) bond motifs is 1. The summed E-state index contributed by atoms with van der Waals surface area (Å²) in [5.41, 5.74) is 3.65. The second kappa shape index (κ2) is 8.08. The van der Waals surface area contributed by atoms with Crippen LogP contribution in [-0.4, -0.2) is 29.8 Å². The number of carbonyl (C=O) groups is 3. The van der Waals surface area contributed by atoms with Gasteiger partial charge in [0, 0.05) is 18.8 Å². The summed E-state index contributed by atoms with van der Waals surface area (Å²) in [5, 5.41) is 2.86. The lowest BCUT2D eigenvalue weighted by molar-refractivity contribution is -0.129. The lowest BCUT2D eigenvalue weighted by Crippen LogP contribution is -2.33. The summed E-state index contributed by atoms with van der Waals surface area (Å²) in [4.78, 5) is 38.1. The van der Waals surface area contributed by atoms with Crippen LogP contribution in [0.1, 0.15) is 46.4 Å². The van der Waals surface area contributed by atoms with Crippen molar-refractivity contribution in [2.45, 2.75) is 26.3 Å². The molecule has 2 amide bonds. The normalized spacial score (nSPS) is 15.0. The van der Waals surface area contributed by atoms with E-state index in [1.54, 1.807) is 29.3 Å². The maximum absolute atomic E-state index is 12.8. The Kier molecular flexibility index (Phi) is 5.59. The van der Waals surface area contributed by atoms with E-state index < -0.39 is 5.97 Å². The molecular formula is C22H22N2O4. The van der Waals surface area contributed by atoms with Crippen molar-refractivity contribution in [1.82, 2.24) is 4.90 Å². The molecule has 0 fully saturated rings. The van der Waals surface area contributed by atoms with Crippen molar-refractivity contribution in [1.29, 1.82) is 0 Å². The fourth-order valence-corrected chi connectivity index (χ4v) is 3.29. The number of hydrogen-bond acceptors (Lipinski definition) is 4. The standard InChI is InChI=1S/C22H22N2O4/c1-14-8-9-17(22(27)28-3)12-19(14)23-21(26)13-20-18-7-5-4-6-16(18)10-11-24(20)15(2)25/h4-12,20H,13H2,1-3H3,(H,23,26)/t20-/m0/s1. The van der Waals surface area contributed by atoms with Gasteiger partial charge in [-0.25, -0.2) is 4.79 Å². The van der Waals surface area contributed by atoms with Crippen molar-refractivity contribution >= 4 is 29.5 Å². The Morgan fingerprint density at radius 3 is 2.61 bits per heavy atom. The van der Waals surface area contributed by atoms with Gasteiger partial charge in [-0.15, -0.1) is 0 Å². The average molecular weight is 378 g/mol. The molecule has 1 heterocycles. The molecule has 0 saturated carbocycles. The highest BCUT2D eigenvalue weighted by atomic mass is 16.5. The predicted octanol–water partition coefficient (Wildman–Crippen LogP) is 3.68. The van der Waals surface area contributed by atoms with Gasteiger partial charge in [-0.2, -0.15) is 0 Å². The van der Waals surface area contributed by atoms with Crippen molar-refractivity contribution in [2.24, 2.45) is 0 Å². The first-order chi connectivity index (χ1) is 13.4. The third-order valence-electron chi connectivity index (χ3n) is 4.78. The van der Waals surface area contributed by atoms with E-state index in [-0.39, 0.29) is 24.3 Å². The van der Waals surface area contributed by atoms with Crippen LogP contribution < -0.4 is 5.32 Å². The Morgan fingerprint density at radius 1 is 1.14 bits per heavy atom. The third kappa shape index (κ3) is 3.96. The Labute approximate surface area is 163 Å². The minimum Gasteiger partial charge on any atom is -0.465 e. The van der Waals surface area contributed by atoms with Crippen molar-refractivity contribution in [3.8, 4) is 0 Å². The number of aryl methyl sites for hydroxylation is 1. The van der Waals surface area contributed by atoms with Gasteiger partial charge in [0.1, 0.15) is 0 Å². The number of nitrogens with zero attached hydrogens (tertiary/aromatic N) is 1. The van der Waals surface area contributed by atoms with E-state index >= 15 is 0 Å². The minimum atomic E-state index is -0.468. The van der Waals surface area contributed by atoms with Gasteiger partial charge < -0.3 is 15.0 Å². The zero-order valence-electron chi connectivity index (χ0n) is 16.1. The minimum absolute atomic E-state index is 0.100. The summed E-state index contributed by atoms with van der Waals surface area (Å²) >= 11 is 0. The molecule has 3 rings (SSSR count). The SMILES string of the molecule is COC(=O)c1ccc(C)c(NC(=O)C[C@H]2c3ccccc3C=CN2C(C)=O)c1. The van der Waals surface area contributed by atoms with Gasteiger partial charge in [0.25, 0.3) is 0 Å². The number of anilines is 1. The fourth-order valence-electron chi connectivity index (χ4n) is 3.29. The van der Waals surface area contributed by atoms with E-state index in [1.165, 1.54) is 14.0 Å². The monoisotopic (exact) mass is 378 g/mol. The van der Waals surface area contributed by atoms with Crippen LogP contribution in [0, 0.1) is 6.92 Å². The molecule has 0 aliphatic carbocycles. The van der Waals surface area contributed by atoms with Gasteiger partial charge in [-0.05, 0) is 41.8 Å². The zero-order chi connectivity index (χ0) is 20.3. The van der Waals surface area contributed by atoms with Crippen LogP contribution in [0.15, 0.2) is 48.7 Å². The molecule has 0 unspecified atom stereocenters. The van der Waals surface area contributed by atoms with Crippen molar-refractivity contribution in [2.75, 3.05) is 12.4 Å². The van der Waals surface area contributed by atoms with Crippen LogP contribution in [0.4, 0.5) is 5.69 Å². The van der Waals surface area contributed by atoms with E-state index in [4.69, 9.17) is 4.74 Å². The van der Waals surface area contributed by atoms with Crippen LogP contribution in [0.25, 0.3) is 6.08 Å². The summed E-state index contributed by atoms with van der Waals surface area (Å²) in [6.07, 6.45) is 3.68. The fraction of sp³-hybridized carbons (Fsp3) is 0.227. The highest BCUT2D eigenvalue weighted by Crippen LogP contribution is 2.33. The molecule has 144 valence electrons. The molecule has 6 heteroatoms. The van der Waals surface area contributed by atoms with Crippen LogP contribution in [0.3, 0.4) is 0 Å². The number of carbonyl (C=O) groups excluding carboxylic acids is 3. The van der Waals surface area contributed by atoms with Gasteiger partial charge in [0.15, 0.2) is 0 Å². The van der Waals surface area contributed by atoms with Crippen LogP contribution >= 0.6 is 0 Å². The van der Waals surface area contributed by atoms with E-state index in [2.05, 4.69) is 5.32 Å². The molecule has 0 bridgehead atoms. The second-order valence-corrected chi connectivity index (χ2v) is 6.66. The largest absolute Gasteiger partial charge is 0.465 e. The molecule has 0 saturated heterocycles. The Morgan fingerprint density at radius 2 is 1.89 bits per heavy atom. The van der Waals surface area contributed by atoms with Gasteiger partial charge in [0.05, 0.1) is 25.1 Å². The van der Waals surface area contributed by atoms with E-state index in [0.29, 0.717) is 11.3 Å². The number of ether oxygens (including phenoxy) is 1. The number of benzene rings is 2.